The molecule has 0 aliphatic rings. The van der Waals surface area contributed by atoms with Crippen LogP contribution < -0.4 is 10.1 Å². The minimum atomic E-state index is -0.169. The molecule has 4 rings (SSSR count). The van der Waals surface area contributed by atoms with Crippen LogP contribution in [0.2, 0.25) is 0 Å². The summed E-state index contributed by atoms with van der Waals surface area (Å²) in [6, 6.07) is 16.0. The number of furan rings is 1. The monoisotopic (exact) mass is 404 g/mol. The van der Waals surface area contributed by atoms with Gasteiger partial charge in [-0.25, -0.2) is 0 Å². The third kappa shape index (κ3) is 3.96. The summed E-state index contributed by atoms with van der Waals surface area (Å²) in [5.41, 5.74) is 2.53. The van der Waals surface area contributed by atoms with E-state index >= 15 is 0 Å². The van der Waals surface area contributed by atoms with Crippen molar-refractivity contribution < 1.29 is 23.3 Å². The molecule has 0 unspecified atom stereocenters. The molecule has 7 nitrogen and oxygen atoms in total. The zero-order valence-corrected chi connectivity index (χ0v) is 16.6. The van der Waals surface area contributed by atoms with E-state index in [1.807, 2.05) is 31.2 Å². The molecule has 2 aromatic heterocycles. The van der Waals surface area contributed by atoms with E-state index in [9.17, 15) is 9.59 Å². The van der Waals surface area contributed by atoms with Crippen LogP contribution in [0.3, 0.4) is 0 Å². The molecular weight excluding hydrogens is 384 g/mol. The number of amides is 1. The molecule has 0 aliphatic carbocycles. The van der Waals surface area contributed by atoms with E-state index in [1.165, 1.54) is 7.11 Å². The van der Waals surface area contributed by atoms with Crippen molar-refractivity contribution in [1.29, 1.82) is 0 Å². The Labute approximate surface area is 172 Å². The van der Waals surface area contributed by atoms with Crippen LogP contribution in [-0.2, 0) is 11.2 Å². The number of carbonyl (C=O) groups is 2. The van der Waals surface area contributed by atoms with Crippen molar-refractivity contribution in [3.8, 4) is 5.88 Å². The fourth-order valence-corrected chi connectivity index (χ4v) is 3.20. The van der Waals surface area contributed by atoms with Crippen molar-refractivity contribution in [3.63, 3.8) is 0 Å². The number of anilines is 1. The first kappa shape index (κ1) is 19.4. The van der Waals surface area contributed by atoms with Gasteiger partial charge in [0.1, 0.15) is 11.3 Å². The highest BCUT2D eigenvalue weighted by atomic mass is 16.5. The van der Waals surface area contributed by atoms with Gasteiger partial charge in [-0.05, 0) is 30.3 Å². The number of carbonyl (C=O) groups excluding carboxylic acids is 2. The van der Waals surface area contributed by atoms with Crippen LogP contribution in [0.25, 0.3) is 11.0 Å². The van der Waals surface area contributed by atoms with Gasteiger partial charge in [0, 0.05) is 41.1 Å². The Balaban J connectivity index is 1.48. The average molecular weight is 404 g/mol. The summed E-state index contributed by atoms with van der Waals surface area (Å²) >= 11 is 0. The van der Waals surface area contributed by atoms with E-state index in [4.69, 9.17) is 13.7 Å². The van der Waals surface area contributed by atoms with Gasteiger partial charge in [0.2, 0.25) is 11.7 Å². The lowest BCUT2D eigenvalue weighted by Gasteiger charge is -2.04. The predicted molar refractivity (Wildman–Crippen MR) is 111 cm³/mol. The highest BCUT2D eigenvalue weighted by molar-refractivity contribution is 6.10. The SMILES string of the molecule is COc1cc(CCC(=O)Nc2ccc3oc(C(=O)c4ccccc4)c(C)c3c2)on1. The van der Waals surface area contributed by atoms with Crippen molar-refractivity contribution in [2.45, 2.75) is 19.8 Å². The fraction of sp³-hybridized carbons (Fsp3) is 0.174. The lowest BCUT2D eigenvalue weighted by molar-refractivity contribution is -0.116. The van der Waals surface area contributed by atoms with Crippen molar-refractivity contribution >= 4 is 28.3 Å². The van der Waals surface area contributed by atoms with E-state index in [0.29, 0.717) is 40.7 Å². The Kier molecular flexibility index (Phi) is 5.34. The van der Waals surface area contributed by atoms with Crippen molar-refractivity contribution in [1.82, 2.24) is 5.16 Å². The number of hydrogen-bond donors (Lipinski definition) is 1. The third-order valence-corrected chi connectivity index (χ3v) is 4.81. The second-order valence-electron chi connectivity index (χ2n) is 6.85. The van der Waals surface area contributed by atoms with Gasteiger partial charge in [-0.1, -0.05) is 30.3 Å². The standard InChI is InChI=1S/C23H20N2O5/c1-14-18-12-16(24-20(26)11-9-17-13-21(28-2)25-30-17)8-10-19(18)29-23(14)22(27)15-6-4-3-5-7-15/h3-8,10,12-13H,9,11H2,1-2H3,(H,24,26). The van der Waals surface area contributed by atoms with E-state index in [-0.39, 0.29) is 18.1 Å². The highest BCUT2D eigenvalue weighted by Gasteiger charge is 2.19. The first-order chi connectivity index (χ1) is 14.5. The van der Waals surface area contributed by atoms with Gasteiger partial charge in [0.05, 0.1) is 7.11 Å². The van der Waals surface area contributed by atoms with Gasteiger partial charge in [-0.2, -0.15) is 0 Å². The number of nitrogens with one attached hydrogen (secondary N) is 1. The molecule has 0 aliphatic heterocycles. The molecule has 152 valence electrons. The normalized spacial score (nSPS) is 10.9. The van der Waals surface area contributed by atoms with Gasteiger partial charge in [-0.3, -0.25) is 9.59 Å². The summed E-state index contributed by atoms with van der Waals surface area (Å²) in [4.78, 5) is 25.1. The third-order valence-electron chi connectivity index (χ3n) is 4.81. The van der Waals surface area contributed by atoms with Gasteiger partial charge in [-0.15, -0.1) is 0 Å². The van der Waals surface area contributed by atoms with Crippen molar-refractivity contribution in [2.75, 3.05) is 12.4 Å². The topological polar surface area (TPSA) is 94.6 Å². The van der Waals surface area contributed by atoms with E-state index in [2.05, 4.69) is 10.5 Å². The molecule has 1 amide bonds. The number of aromatic nitrogens is 1. The number of nitrogens with zero attached hydrogens (tertiary/aromatic N) is 1. The summed E-state index contributed by atoms with van der Waals surface area (Å²) < 4.78 is 15.8. The second kappa shape index (κ2) is 8.24. The maximum Gasteiger partial charge on any atom is 0.254 e. The van der Waals surface area contributed by atoms with E-state index < -0.39 is 0 Å². The second-order valence-corrected chi connectivity index (χ2v) is 6.85. The molecule has 30 heavy (non-hydrogen) atoms. The first-order valence-corrected chi connectivity index (χ1v) is 9.47. The Morgan fingerprint density at radius 3 is 2.63 bits per heavy atom. The Hall–Kier alpha value is -3.87. The maximum atomic E-state index is 12.8. The Morgan fingerprint density at radius 2 is 1.90 bits per heavy atom. The number of fused-ring (bicyclic) bond motifs is 1. The van der Waals surface area contributed by atoms with Gasteiger partial charge >= 0.3 is 0 Å². The highest BCUT2D eigenvalue weighted by Crippen LogP contribution is 2.29. The maximum absolute atomic E-state index is 12.8. The lowest BCUT2D eigenvalue weighted by atomic mass is 10.0. The number of methoxy groups -OCH3 is 1. The molecule has 0 atom stereocenters. The van der Waals surface area contributed by atoms with Crippen molar-refractivity contribution in [2.24, 2.45) is 0 Å². The zero-order chi connectivity index (χ0) is 21.1. The summed E-state index contributed by atoms with van der Waals surface area (Å²) in [6.07, 6.45) is 0.642. The lowest BCUT2D eigenvalue weighted by Crippen LogP contribution is -2.12. The molecule has 0 saturated carbocycles. The number of ether oxygens (including phenoxy) is 1. The van der Waals surface area contributed by atoms with Crippen LogP contribution in [0.1, 0.15) is 33.9 Å². The molecule has 1 N–H and O–H groups in total. The Morgan fingerprint density at radius 1 is 1.10 bits per heavy atom. The smallest absolute Gasteiger partial charge is 0.254 e. The molecule has 0 fully saturated rings. The molecule has 4 aromatic rings. The molecule has 2 aromatic carbocycles. The van der Waals surface area contributed by atoms with Gasteiger partial charge < -0.3 is 19.0 Å². The molecule has 0 spiro atoms. The largest absolute Gasteiger partial charge is 0.479 e. The summed E-state index contributed by atoms with van der Waals surface area (Å²) in [6.45, 7) is 1.84. The van der Waals surface area contributed by atoms with Crippen LogP contribution in [0, 0.1) is 6.92 Å². The first-order valence-electron chi connectivity index (χ1n) is 9.47. The molecule has 2 heterocycles. The van der Waals surface area contributed by atoms with E-state index in [0.717, 1.165) is 10.9 Å². The molecule has 0 bridgehead atoms. The van der Waals surface area contributed by atoms with E-state index in [1.54, 1.807) is 30.3 Å². The van der Waals surface area contributed by atoms with Gasteiger partial charge in [0.15, 0.2) is 5.76 Å². The fourth-order valence-electron chi connectivity index (χ4n) is 3.20. The number of benzene rings is 2. The van der Waals surface area contributed by atoms with Crippen LogP contribution in [0.5, 0.6) is 5.88 Å². The predicted octanol–water partition coefficient (Wildman–Crippen LogP) is 4.54. The number of ketones is 1. The molecular formula is C23H20N2O5. The number of hydrogen-bond acceptors (Lipinski definition) is 6. The summed E-state index contributed by atoms with van der Waals surface area (Å²) in [5.74, 6) is 0.933. The minimum Gasteiger partial charge on any atom is -0.479 e. The quantitative estimate of drug-likeness (QED) is 0.455. The minimum absolute atomic E-state index is 0.161. The van der Waals surface area contributed by atoms with Crippen molar-refractivity contribution in [3.05, 3.63) is 77.2 Å². The van der Waals surface area contributed by atoms with Gasteiger partial charge in [0.25, 0.3) is 5.88 Å². The van der Waals surface area contributed by atoms with Crippen LogP contribution in [-0.4, -0.2) is 24.0 Å². The molecule has 0 radical (unpaired) electrons. The molecule has 0 saturated heterocycles. The Bertz CT molecular complexity index is 1210. The number of aryl methyl sites for hydroxylation is 2. The number of rotatable bonds is 7. The summed E-state index contributed by atoms with van der Waals surface area (Å²) in [7, 11) is 1.50. The van der Waals surface area contributed by atoms with Crippen LogP contribution in [0.15, 0.2) is 63.5 Å². The molecule has 7 heteroatoms. The zero-order valence-electron chi connectivity index (χ0n) is 16.6. The van der Waals surface area contributed by atoms with Crippen LogP contribution in [0.4, 0.5) is 5.69 Å². The van der Waals surface area contributed by atoms with Crippen LogP contribution >= 0.6 is 0 Å². The summed E-state index contributed by atoms with van der Waals surface area (Å²) in [5, 5.41) is 7.36. The average Bonchev–Trinajstić information content (AvgIpc) is 3.37.